The lowest BCUT2D eigenvalue weighted by Gasteiger charge is -2.24. The topological polar surface area (TPSA) is 59.9 Å². The molecule has 0 radical (unpaired) electrons. The Bertz CT molecular complexity index is 946. The van der Waals surface area contributed by atoms with E-state index in [-0.39, 0.29) is 17.9 Å². The van der Waals surface area contributed by atoms with Crippen LogP contribution in [-0.2, 0) is 10.5 Å². The summed E-state index contributed by atoms with van der Waals surface area (Å²) >= 11 is 3.19. The van der Waals surface area contributed by atoms with Crippen molar-refractivity contribution in [2.24, 2.45) is 10.9 Å². The fraction of sp³-hybridized carbons (Fsp3) is 0.391. The molecule has 7 heteroatoms. The van der Waals surface area contributed by atoms with Crippen LogP contribution >= 0.6 is 23.5 Å². The number of carbonyl (C=O) groups is 1. The molecule has 0 aliphatic carbocycles. The Labute approximate surface area is 186 Å². The highest BCUT2D eigenvalue weighted by molar-refractivity contribution is 8.38. The maximum atomic E-state index is 12.7. The zero-order valence-corrected chi connectivity index (χ0v) is 18.9. The third kappa shape index (κ3) is 5.13. The van der Waals surface area contributed by atoms with E-state index in [9.17, 15) is 4.79 Å². The van der Waals surface area contributed by atoms with E-state index >= 15 is 0 Å². The van der Waals surface area contributed by atoms with Crippen LogP contribution < -0.4 is 14.8 Å². The Balaban J connectivity index is 1.40. The Morgan fingerprint density at radius 1 is 1.17 bits per heavy atom. The molecule has 2 aliphatic rings. The molecule has 0 bridgehead atoms. The molecule has 0 aromatic heterocycles. The van der Waals surface area contributed by atoms with Gasteiger partial charge in [-0.2, -0.15) is 0 Å². The van der Waals surface area contributed by atoms with Crippen LogP contribution in [0.2, 0.25) is 0 Å². The number of hydrogen-bond donors (Lipinski definition) is 1. The molecule has 2 aromatic carbocycles. The molecule has 1 atom stereocenters. The van der Waals surface area contributed by atoms with Gasteiger partial charge < -0.3 is 14.8 Å². The van der Waals surface area contributed by atoms with Crippen molar-refractivity contribution in [2.45, 2.75) is 32.1 Å². The Morgan fingerprint density at radius 2 is 1.97 bits per heavy atom. The summed E-state index contributed by atoms with van der Waals surface area (Å²) in [6, 6.07) is 14.0. The number of para-hydroxylation sites is 1. The Morgan fingerprint density at radius 3 is 2.80 bits per heavy atom. The quantitative estimate of drug-likeness (QED) is 0.678. The van der Waals surface area contributed by atoms with Gasteiger partial charge in [-0.1, -0.05) is 61.6 Å². The van der Waals surface area contributed by atoms with Crippen molar-refractivity contribution in [3.05, 3.63) is 53.6 Å². The summed E-state index contributed by atoms with van der Waals surface area (Å²) in [7, 11) is 0. The van der Waals surface area contributed by atoms with Crippen LogP contribution in [0.3, 0.4) is 0 Å². The van der Waals surface area contributed by atoms with Gasteiger partial charge in [0, 0.05) is 12.2 Å². The second-order valence-electron chi connectivity index (χ2n) is 7.63. The van der Waals surface area contributed by atoms with Crippen molar-refractivity contribution in [3.63, 3.8) is 0 Å². The number of hydrogen-bond acceptors (Lipinski definition) is 6. The van der Waals surface area contributed by atoms with Gasteiger partial charge in [-0.05, 0) is 35.2 Å². The second kappa shape index (κ2) is 9.79. The molecule has 4 rings (SSSR count). The Kier molecular flexibility index (Phi) is 6.89. The normalized spacial score (nSPS) is 16.3. The molecule has 0 spiro atoms. The third-order valence-corrected chi connectivity index (χ3v) is 7.24. The molecular formula is C23H26N2O3S2. The molecule has 5 nitrogen and oxygen atoms in total. The lowest BCUT2D eigenvalue weighted by Crippen LogP contribution is -2.33. The molecule has 2 heterocycles. The number of nitrogens with one attached hydrogen (secondary N) is 1. The molecule has 1 N–H and O–H groups in total. The minimum Gasteiger partial charge on any atom is -0.490 e. The average molecular weight is 443 g/mol. The van der Waals surface area contributed by atoms with Gasteiger partial charge in [0.15, 0.2) is 11.5 Å². The smallest absolute Gasteiger partial charge is 0.230 e. The van der Waals surface area contributed by atoms with Gasteiger partial charge >= 0.3 is 0 Å². The molecule has 158 valence electrons. The molecule has 0 fully saturated rings. The molecular weight excluding hydrogens is 416 g/mol. The monoisotopic (exact) mass is 442 g/mol. The van der Waals surface area contributed by atoms with Crippen LogP contribution in [0.5, 0.6) is 11.5 Å². The molecule has 2 aromatic rings. The first-order valence-electron chi connectivity index (χ1n) is 10.2. The summed E-state index contributed by atoms with van der Waals surface area (Å²) in [6.07, 6.45) is 0.873. The third-order valence-electron chi connectivity index (χ3n) is 5.00. The minimum absolute atomic E-state index is 0.00738. The SMILES string of the molecule is CC(C)C(NC(=O)CSC1=Nc2ccccc2CS1)c1ccc2c(c1)OCCCO2. The number of ether oxygens (including phenoxy) is 2. The average Bonchev–Trinajstić information content (AvgIpc) is 3.00. The number of rotatable bonds is 5. The van der Waals surface area contributed by atoms with Gasteiger partial charge in [-0.3, -0.25) is 4.79 Å². The summed E-state index contributed by atoms with van der Waals surface area (Å²) in [6.45, 7) is 5.53. The summed E-state index contributed by atoms with van der Waals surface area (Å²) in [5, 5.41) is 3.19. The van der Waals surface area contributed by atoms with Crippen molar-refractivity contribution < 1.29 is 14.3 Å². The summed E-state index contributed by atoms with van der Waals surface area (Å²) < 4.78 is 12.5. The Hall–Kier alpha value is -2.12. The first kappa shape index (κ1) is 21.1. The van der Waals surface area contributed by atoms with Crippen LogP contribution in [0.15, 0.2) is 47.5 Å². The molecule has 1 amide bonds. The van der Waals surface area contributed by atoms with E-state index in [4.69, 9.17) is 9.47 Å². The predicted octanol–water partition coefficient (Wildman–Crippen LogP) is 5.33. The fourth-order valence-electron chi connectivity index (χ4n) is 3.44. The van der Waals surface area contributed by atoms with Crippen molar-refractivity contribution >= 4 is 39.5 Å². The first-order chi connectivity index (χ1) is 14.6. The lowest BCUT2D eigenvalue weighted by atomic mass is 9.95. The van der Waals surface area contributed by atoms with Crippen molar-refractivity contribution in [3.8, 4) is 11.5 Å². The minimum atomic E-state index is -0.0862. The maximum absolute atomic E-state index is 12.7. The lowest BCUT2D eigenvalue weighted by molar-refractivity contribution is -0.119. The van der Waals surface area contributed by atoms with Crippen molar-refractivity contribution in [2.75, 3.05) is 19.0 Å². The summed E-state index contributed by atoms with van der Waals surface area (Å²) in [5.41, 5.74) is 3.28. The molecule has 0 saturated carbocycles. The zero-order valence-electron chi connectivity index (χ0n) is 17.2. The van der Waals surface area contributed by atoms with Crippen LogP contribution in [0.25, 0.3) is 0 Å². The number of carbonyl (C=O) groups excluding carboxylic acids is 1. The number of benzene rings is 2. The molecule has 1 unspecified atom stereocenters. The summed E-state index contributed by atoms with van der Waals surface area (Å²) in [5.74, 6) is 3.03. The fourth-order valence-corrected chi connectivity index (χ4v) is 5.31. The van der Waals surface area contributed by atoms with Crippen LogP contribution in [-0.4, -0.2) is 29.2 Å². The molecule has 30 heavy (non-hydrogen) atoms. The highest BCUT2D eigenvalue weighted by atomic mass is 32.2. The van der Waals surface area contributed by atoms with E-state index in [0.29, 0.717) is 19.0 Å². The number of nitrogens with zero attached hydrogens (tertiary/aromatic N) is 1. The van der Waals surface area contributed by atoms with E-state index in [1.165, 1.54) is 17.3 Å². The van der Waals surface area contributed by atoms with E-state index in [1.807, 2.05) is 36.4 Å². The number of fused-ring (bicyclic) bond motifs is 2. The zero-order chi connectivity index (χ0) is 20.9. The van der Waals surface area contributed by atoms with Crippen molar-refractivity contribution in [1.82, 2.24) is 5.32 Å². The molecule has 0 saturated heterocycles. The van der Waals surface area contributed by atoms with E-state index in [0.717, 1.165) is 39.3 Å². The predicted molar refractivity (Wildman–Crippen MR) is 125 cm³/mol. The van der Waals surface area contributed by atoms with Gasteiger partial charge in [0.05, 0.1) is 30.7 Å². The first-order valence-corrected chi connectivity index (χ1v) is 12.2. The van der Waals surface area contributed by atoms with Crippen LogP contribution in [0.1, 0.15) is 37.4 Å². The number of aliphatic imine (C=N–C) groups is 1. The summed E-state index contributed by atoms with van der Waals surface area (Å²) in [4.78, 5) is 17.4. The standard InChI is InChI=1S/C23H26N2O3S2/c1-15(2)22(16-8-9-19-20(12-16)28-11-5-10-27-19)25-21(26)14-30-23-24-18-7-4-3-6-17(18)13-29-23/h3-4,6-9,12,15,22H,5,10-11,13-14H2,1-2H3,(H,25,26). The number of thioether (sulfide) groups is 2. The number of amides is 1. The second-order valence-corrected chi connectivity index (χ2v) is 9.82. The highest BCUT2D eigenvalue weighted by Gasteiger charge is 2.22. The van der Waals surface area contributed by atoms with Gasteiger partial charge in [0.25, 0.3) is 0 Å². The van der Waals surface area contributed by atoms with E-state index < -0.39 is 0 Å². The van der Waals surface area contributed by atoms with E-state index in [1.54, 1.807) is 11.8 Å². The van der Waals surface area contributed by atoms with E-state index in [2.05, 4.69) is 30.2 Å². The van der Waals surface area contributed by atoms with Crippen LogP contribution in [0.4, 0.5) is 5.69 Å². The van der Waals surface area contributed by atoms with Gasteiger partial charge in [0.1, 0.15) is 4.38 Å². The van der Waals surface area contributed by atoms with Gasteiger partial charge in [-0.25, -0.2) is 4.99 Å². The molecule has 2 aliphatic heterocycles. The van der Waals surface area contributed by atoms with Crippen LogP contribution in [0, 0.1) is 5.92 Å². The van der Waals surface area contributed by atoms with Gasteiger partial charge in [0.2, 0.25) is 5.91 Å². The maximum Gasteiger partial charge on any atom is 0.230 e. The van der Waals surface area contributed by atoms with Crippen molar-refractivity contribution in [1.29, 1.82) is 0 Å². The van der Waals surface area contributed by atoms with Gasteiger partial charge in [-0.15, -0.1) is 0 Å². The largest absolute Gasteiger partial charge is 0.490 e. The highest BCUT2D eigenvalue weighted by Crippen LogP contribution is 2.36.